The van der Waals surface area contributed by atoms with Gasteiger partial charge in [0.25, 0.3) is 0 Å². The van der Waals surface area contributed by atoms with Crippen molar-refractivity contribution in [2.75, 3.05) is 0 Å². The van der Waals surface area contributed by atoms with Crippen LogP contribution in [0.4, 0.5) is 13.2 Å². The number of carbonyl (C=O) groups excluding carboxylic acids is 1. The molecule has 20 heavy (non-hydrogen) atoms. The van der Waals surface area contributed by atoms with E-state index in [2.05, 4.69) is 0 Å². The predicted octanol–water partition coefficient (Wildman–Crippen LogP) is 4.21. The summed E-state index contributed by atoms with van der Waals surface area (Å²) in [6.45, 7) is 1.73. The van der Waals surface area contributed by atoms with Crippen LogP contribution in [-0.4, -0.2) is 12.1 Å². The monoisotopic (exact) mass is 286 g/mol. The Kier molecular flexibility index (Phi) is 4.35. The number of hydrogen-bond acceptors (Lipinski definition) is 2. The number of rotatable bonds is 3. The summed E-state index contributed by atoms with van der Waals surface area (Å²) < 4.78 is 44.5. The van der Waals surface area contributed by atoms with E-state index >= 15 is 0 Å². The van der Waals surface area contributed by atoms with Gasteiger partial charge in [-0.15, -0.1) is 0 Å². The smallest absolute Gasteiger partial charge is 0.392 e. The Morgan fingerprint density at radius 1 is 1.25 bits per heavy atom. The van der Waals surface area contributed by atoms with Crippen LogP contribution in [0.15, 0.2) is 30.3 Å². The second kappa shape index (κ2) is 5.85. The fourth-order valence-electron chi connectivity index (χ4n) is 2.98. The van der Waals surface area contributed by atoms with E-state index in [0.29, 0.717) is 18.6 Å². The normalized spacial score (nSPS) is 26.5. The van der Waals surface area contributed by atoms with Crippen LogP contribution in [0.1, 0.15) is 26.2 Å². The van der Waals surface area contributed by atoms with Crippen LogP contribution in [-0.2, 0) is 4.79 Å². The van der Waals surface area contributed by atoms with Gasteiger partial charge in [0.2, 0.25) is 0 Å². The lowest BCUT2D eigenvalue weighted by Gasteiger charge is -2.25. The van der Waals surface area contributed by atoms with E-state index in [0.717, 1.165) is 0 Å². The summed E-state index contributed by atoms with van der Waals surface area (Å²) in [6.07, 6.45) is -3.25. The third kappa shape index (κ3) is 3.14. The number of para-hydroxylation sites is 1. The summed E-state index contributed by atoms with van der Waals surface area (Å²) >= 11 is 0. The average Bonchev–Trinajstić information content (AvgIpc) is 2.83. The van der Waals surface area contributed by atoms with Gasteiger partial charge in [0.1, 0.15) is 5.75 Å². The van der Waals surface area contributed by atoms with Crippen molar-refractivity contribution in [2.45, 2.75) is 32.4 Å². The molecule has 3 atom stereocenters. The zero-order valence-electron chi connectivity index (χ0n) is 11.2. The Morgan fingerprint density at radius 2 is 1.90 bits per heavy atom. The summed E-state index contributed by atoms with van der Waals surface area (Å²) in [5, 5.41) is 0. The lowest BCUT2D eigenvalue weighted by molar-refractivity contribution is -0.200. The van der Waals surface area contributed by atoms with Gasteiger partial charge in [0, 0.05) is 0 Å². The van der Waals surface area contributed by atoms with Crippen molar-refractivity contribution in [1.82, 2.24) is 0 Å². The quantitative estimate of drug-likeness (QED) is 0.614. The van der Waals surface area contributed by atoms with Gasteiger partial charge in [-0.1, -0.05) is 31.5 Å². The Hall–Kier alpha value is -1.52. The summed E-state index contributed by atoms with van der Waals surface area (Å²) in [4.78, 5) is 12.0. The molecule has 1 aliphatic rings. The number of hydrogen-bond donors (Lipinski definition) is 0. The Morgan fingerprint density at radius 3 is 2.45 bits per heavy atom. The van der Waals surface area contributed by atoms with Crippen LogP contribution in [0.5, 0.6) is 5.75 Å². The second-order valence-corrected chi connectivity index (χ2v) is 5.15. The number of alkyl halides is 3. The first-order chi connectivity index (χ1) is 9.43. The minimum absolute atomic E-state index is 0.244. The third-order valence-electron chi connectivity index (χ3n) is 3.96. The fourth-order valence-corrected chi connectivity index (χ4v) is 2.98. The molecule has 2 nitrogen and oxygen atoms in total. The third-order valence-corrected chi connectivity index (χ3v) is 3.96. The summed E-state index contributed by atoms with van der Waals surface area (Å²) in [5.74, 6) is -3.62. The highest BCUT2D eigenvalue weighted by atomic mass is 19.4. The molecule has 3 unspecified atom stereocenters. The molecule has 0 N–H and O–H groups in total. The summed E-state index contributed by atoms with van der Waals surface area (Å²) in [7, 11) is 0. The van der Waals surface area contributed by atoms with Crippen LogP contribution >= 0.6 is 0 Å². The molecular weight excluding hydrogens is 269 g/mol. The molecule has 0 saturated heterocycles. The van der Waals surface area contributed by atoms with E-state index in [4.69, 9.17) is 4.74 Å². The Balaban J connectivity index is 2.12. The standard InChI is InChI=1S/C15H17F3O2/c1-2-10-8-9-12(13(10)15(16,17)18)14(19)20-11-6-4-3-5-7-11/h3-7,10,12-13H,2,8-9H2,1H3. The van der Waals surface area contributed by atoms with Gasteiger partial charge in [0.05, 0.1) is 11.8 Å². The van der Waals surface area contributed by atoms with Crippen molar-refractivity contribution in [1.29, 1.82) is 0 Å². The molecule has 0 bridgehead atoms. The number of halogens is 3. The molecule has 0 spiro atoms. The van der Waals surface area contributed by atoms with E-state index in [1.54, 1.807) is 37.3 Å². The summed E-state index contributed by atoms with van der Waals surface area (Å²) in [6, 6.07) is 8.22. The maximum atomic E-state index is 13.1. The van der Waals surface area contributed by atoms with Crippen LogP contribution in [0.25, 0.3) is 0 Å². The first-order valence-corrected chi connectivity index (χ1v) is 6.77. The van der Waals surface area contributed by atoms with Gasteiger partial charge in [0.15, 0.2) is 0 Å². The highest BCUT2D eigenvalue weighted by Crippen LogP contribution is 2.48. The SMILES string of the molecule is CCC1CCC(C(=O)Oc2ccccc2)C1C(F)(F)F. The topological polar surface area (TPSA) is 26.3 Å². The molecule has 0 heterocycles. The van der Waals surface area contributed by atoms with Crippen molar-refractivity contribution >= 4 is 5.97 Å². The molecule has 110 valence electrons. The van der Waals surface area contributed by atoms with E-state index < -0.39 is 29.9 Å². The van der Waals surface area contributed by atoms with Crippen LogP contribution in [0.3, 0.4) is 0 Å². The Bertz CT molecular complexity index is 456. The fraction of sp³-hybridized carbons (Fsp3) is 0.533. The minimum Gasteiger partial charge on any atom is -0.426 e. The molecule has 0 amide bonds. The van der Waals surface area contributed by atoms with Gasteiger partial charge in [-0.25, -0.2) is 0 Å². The molecule has 2 rings (SSSR count). The summed E-state index contributed by atoms with van der Waals surface area (Å²) in [5.41, 5.74) is 0. The van der Waals surface area contributed by atoms with Gasteiger partial charge < -0.3 is 4.74 Å². The van der Waals surface area contributed by atoms with Crippen LogP contribution in [0, 0.1) is 17.8 Å². The largest absolute Gasteiger partial charge is 0.426 e. The van der Waals surface area contributed by atoms with Crippen molar-refractivity contribution in [3.8, 4) is 5.75 Å². The second-order valence-electron chi connectivity index (χ2n) is 5.15. The van der Waals surface area contributed by atoms with E-state index in [1.165, 1.54) is 0 Å². The lowest BCUT2D eigenvalue weighted by atomic mass is 9.87. The van der Waals surface area contributed by atoms with Crippen LogP contribution < -0.4 is 4.74 Å². The number of carbonyl (C=O) groups is 1. The van der Waals surface area contributed by atoms with Crippen molar-refractivity contribution in [3.63, 3.8) is 0 Å². The van der Waals surface area contributed by atoms with E-state index in [-0.39, 0.29) is 6.42 Å². The lowest BCUT2D eigenvalue weighted by Crippen LogP contribution is -2.36. The predicted molar refractivity (Wildman–Crippen MR) is 68.1 cm³/mol. The number of benzene rings is 1. The molecule has 1 fully saturated rings. The van der Waals surface area contributed by atoms with E-state index in [1.807, 2.05) is 0 Å². The van der Waals surface area contributed by atoms with Gasteiger partial charge >= 0.3 is 12.1 Å². The van der Waals surface area contributed by atoms with Crippen molar-refractivity contribution in [3.05, 3.63) is 30.3 Å². The molecule has 5 heteroatoms. The average molecular weight is 286 g/mol. The zero-order chi connectivity index (χ0) is 14.8. The van der Waals surface area contributed by atoms with Crippen LogP contribution in [0.2, 0.25) is 0 Å². The molecule has 1 aliphatic carbocycles. The molecule has 0 radical (unpaired) electrons. The molecule has 0 aromatic heterocycles. The number of esters is 1. The van der Waals surface area contributed by atoms with Gasteiger partial charge in [-0.2, -0.15) is 13.2 Å². The van der Waals surface area contributed by atoms with E-state index in [9.17, 15) is 18.0 Å². The van der Waals surface area contributed by atoms with Gasteiger partial charge in [-0.05, 0) is 30.9 Å². The van der Waals surface area contributed by atoms with Gasteiger partial charge in [-0.3, -0.25) is 4.79 Å². The molecule has 1 saturated carbocycles. The maximum absolute atomic E-state index is 13.1. The molecule has 1 aromatic carbocycles. The minimum atomic E-state index is -4.35. The highest BCUT2D eigenvalue weighted by Gasteiger charge is 2.54. The first-order valence-electron chi connectivity index (χ1n) is 6.77. The molecule has 1 aromatic rings. The number of ether oxygens (including phenoxy) is 1. The zero-order valence-corrected chi connectivity index (χ0v) is 11.2. The Labute approximate surface area is 115 Å². The van der Waals surface area contributed by atoms with Crippen molar-refractivity contribution < 1.29 is 22.7 Å². The highest BCUT2D eigenvalue weighted by molar-refractivity contribution is 5.76. The first kappa shape index (κ1) is 14.9. The van der Waals surface area contributed by atoms with Crippen molar-refractivity contribution in [2.24, 2.45) is 17.8 Å². The maximum Gasteiger partial charge on any atom is 0.392 e. The molecule has 0 aliphatic heterocycles. The molecular formula is C15H17F3O2.